The van der Waals surface area contributed by atoms with Gasteiger partial charge in [-0.15, -0.1) is 0 Å². The highest BCUT2D eigenvalue weighted by Gasteiger charge is 2.14. The summed E-state index contributed by atoms with van der Waals surface area (Å²) in [7, 11) is 2.03. The number of aryl methyl sites for hydroxylation is 2. The highest BCUT2D eigenvalue weighted by molar-refractivity contribution is 5.39. The molecule has 2 aromatic rings. The number of nitrogens with one attached hydrogen (secondary N) is 1. The Morgan fingerprint density at radius 3 is 1.95 bits per heavy atom. The van der Waals surface area contributed by atoms with E-state index in [-0.39, 0.29) is 6.04 Å². The van der Waals surface area contributed by atoms with Crippen molar-refractivity contribution in [2.75, 3.05) is 7.05 Å². The smallest absolute Gasteiger partial charge is 0.0576 e. The molecule has 1 heteroatoms. The molecule has 1 unspecified atom stereocenters. The van der Waals surface area contributed by atoms with Crippen LogP contribution in [0.5, 0.6) is 0 Å². The van der Waals surface area contributed by atoms with Gasteiger partial charge in [-0.3, -0.25) is 0 Å². The van der Waals surface area contributed by atoms with Gasteiger partial charge < -0.3 is 5.32 Å². The van der Waals surface area contributed by atoms with Crippen molar-refractivity contribution in [1.82, 2.24) is 5.32 Å². The van der Waals surface area contributed by atoms with Gasteiger partial charge in [0, 0.05) is 0 Å². The maximum absolute atomic E-state index is 3.44. The molecule has 0 amide bonds. The van der Waals surface area contributed by atoms with Crippen LogP contribution in [0.2, 0.25) is 0 Å². The largest absolute Gasteiger partial charge is 0.309 e. The summed E-state index contributed by atoms with van der Waals surface area (Å²) < 4.78 is 0. The van der Waals surface area contributed by atoms with Crippen molar-refractivity contribution in [3.8, 4) is 0 Å². The van der Waals surface area contributed by atoms with Crippen molar-refractivity contribution in [3.63, 3.8) is 0 Å². The van der Waals surface area contributed by atoms with E-state index in [9.17, 15) is 0 Å². The summed E-state index contributed by atoms with van der Waals surface area (Å²) in [5.41, 5.74) is 6.73. The molecule has 1 N–H and O–H groups in total. The number of benzene rings is 2. The lowest BCUT2D eigenvalue weighted by molar-refractivity contribution is 0.686. The molecule has 2 rings (SSSR count). The summed E-state index contributed by atoms with van der Waals surface area (Å²) in [4.78, 5) is 0. The molecule has 0 saturated heterocycles. The molecule has 0 aliphatic heterocycles. The first-order valence-corrected chi connectivity index (χ1v) is 7.37. The minimum atomic E-state index is 0.261. The number of hydrogen-bond acceptors (Lipinski definition) is 1. The topological polar surface area (TPSA) is 12.0 Å². The first-order valence-electron chi connectivity index (χ1n) is 7.37. The van der Waals surface area contributed by atoms with E-state index in [1.54, 1.807) is 0 Å². The van der Waals surface area contributed by atoms with Crippen LogP contribution in [0.1, 0.15) is 53.6 Å². The van der Waals surface area contributed by atoms with Gasteiger partial charge in [0.15, 0.2) is 0 Å². The summed E-state index contributed by atoms with van der Waals surface area (Å²) >= 11 is 0. The highest BCUT2D eigenvalue weighted by atomic mass is 14.9. The summed E-state index contributed by atoms with van der Waals surface area (Å²) in [5, 5.41) is 3.44. The third-order valence-electron chi connectivity index (χ3n) is 3.96. The monoisotopic (exact) mass is 267 g/mol. The fourth-order valence-electron chi connectivity index (χ4n) is 2.72. The van der Waals surface area contributed by atoms with E-state index in [4.69, 9.17) is 0 Å². The molecule has 0 saturated carbocycles. The second-order valence-corrected chi connectivity index (χ2v) is 5.90. The van der Waals surface area contributed by atoms with Crippen molar-refractivity contribution < 1.29 is 0 Å². The van der Waals surface area contributed by atoms with Gasteiger partial charge in [0.25, 0.3) is 0 Å². The molecular formula is C19H25N. The summed E-state index contributed by atoms with van der Waals surface area (Å²) in [6.07, 6.45) is 0. The van der Waals surface area contributed by atoms with E-state index in [1.807, 2.05) is 7.05 Å². The van der Waals surface area contributed by atoms with E-state index in [0.717, 1.165) is 0 Å². The van der Waals surface area contributed by atoms with Crippen LogP contribution in [0.4, 0.5) is 0 Å². The van der Waals surface area contributed by atoms with Gasteiger partial charge >= 0.3 is 0 Å². The van der Waals surface area contributed by atoms with Crippen LogP contribution in [-0.4, -0.2) is 7.05 Å². The van der Waals surface area contributed by atoms with Crippen molar-refractivity contribution in [3.05, 3.63) is 70.3 Å². The van der Waals surface area contributed by atoms with Crippen LogP contribution in [0.3, 0.4) is 0 Å². The Bertz CT molecular complexity index is 567. The predicted molar refractivity (Wildman–Crippen MR) is 87.3 cm³/mol. The van der Waals surface area contributed by atoms with Crippen LogP contribution in [-0.2, 0) is 0 Å². The zero-order chi connectivity index (χ0) is 14.7. The molecular weight excluding hydrogens is 242 g/mol. The lowest BCUT2D eigenvalue weighted by Gasteiger charge is -2.20. The second-order valence-electron chi connectivity index (χ2n) is 5.90. The van der Waals surface area contributed by atoms with Gasteiger partial charge in [-0.05, 0) is 49.1 Å². The average molecular weight is 267 g/mol. The molecule has 1 atom stereocenters. The summed E-state index contributed by atoms with van der Waals surface area (Å²) in [5.74, 6) is 0.582. The van der Waals surface area contributed by atoms with Crippen molar-refractivity contribution in [1.29, 1.82) is 0 Å². The van der Waals surface area contributed by atoms with E-state index in [2.05, 4.69) is 75.5 Å². The van der Waals surface area contributed by atoms with Gasteiger partial charge in [-0.2, -0.15) is 0 Å². The van der Waals surface area contributed by atoms with Gasteiger partial charge in [-0.1, -0.05) is 61.9 Å². The summed E-state index contributed by atoms with van der Waals surface area (Å²) in [6.45, 7) is 8.79. The van der Waals surface area contributed by atoms with Crippen molar-refractivity contribution in [2.24, 2.45) is 0 Å². The van der Waals surface area contributed by atoms with Crippen LogP contribution in [0.15, 0.2) is 42.5 Å². The van der Waals surface area contributed by atoms with E-state index >= 15 is 0 Å². The fraction of sp³-hybridized carbons (Fsp3) is 0.368. The third kappa shape index (κ3) is 3.10. The molecule has 0 aliphatic rings. The Morgan fingerprint density at radius 1 is 0.850 bits per heavy atom. The Morgan fingerprint density at radius 2 is 1.45 bits per heavy atom. The van der Waals surface area contributed by atoms with Crippen LogP contribution >= 0.6 is 0 Å². The van der Waals surface area contributed by atoms with Crippen molar-refractivity contribution in [2.45, 2.75) is 39.7 Å². The lowest BCUT2D eigenvalue weighted by Crippen LogP contribution is -2.18. The maximum Gasteiger partial charge on any atom is 0.0576 e. The Hall–Kier alpha value is -1.60. The minimum absolute atomic E-state index is 0.261. The van der Waals surface area contributed by atoms with Crippen LogP contribution in [0, 0.1) is 13.8 Å². The lowest BCUT2D eigenvalue weighted by atomic mass is 9.92. The Balaban J connectivity index is 2.36. The zero-order valence-corrected chi connectivity index (χ0v) is 13.2. The first-order chi connectivity index (χ1) is 9.52. The SMILES string of the molecule is CNC(c1ccc(C(C)C)cc1)c1ccc(C)cc1C. The average Bonchev–Trinajstić information content (AvgIpc) is 2.42. The van der Waals surface area contributed by atoms with E-state index in [0.29, 0.717) is 5.92 Å². The second kappa shape index (κ2) is 6.23. The standard InChI is InChI=1S/C19H25N/c1-13(2)16-7-9-17(10-8-16)19(20-5)18-11-6-14(3)12-15(18)4/h6-13,19-20H,1-5H3. The van der Waals surface area contributed by atoms with Crippen LogP contribution < -0.4 is 5.32 Å². The van der Waals surface area contributed by atoms with Gasteiger partial charge in [0.1, 0.15) is 0 Å². The van der Waals surface area contributed by atoms with E-state index < -0.39 is 0 Å². The molecule has 0 fully saturated rings. The zero-order valence-electron chi connectivity index (χ0n) is 13.2. The van der Waals surface area contributed by atoms with Gasteiger partial charge in [0.2, 0.25) is 0 Å². The minimum Gasteiger partial charge on any atom is -0.309 e. The van der Waals surface area contributed by atoms with Gasteiger partial charge in [0.05, 0.1) is 6.04 Å². The predicted octanol–water partition coefficient (Wildman–Crippen LogP) is 4.74. The molecule has 1 nitrogen and oxygen atoms in total. The molecule has 0 aromatic heterocycles. The molecule has 0 heterocycles. The fourth-order valence-corrected chi connectivity index (χ4v) is 2.72. The first kappa shape index (κ1) is 14.8. The molecule has 20 heavy (non-hydrogen) atoms. The molecule has 0 aliphatic carbocycles. The quantitative estimate of drug-likeness (QED) is 0.844. The maximum atomic E-state index is 3.44. The number of rotatable bonds is 4. The molecule has 0 spiro atoms. The normalized spacial score (nSPS) is 12.7. The molecule has 106 valence electrons. The molecule has 2 aromatic carbocycles. The molecule has 0 bridgehead atoms. The van der Waals surface area contributed by atoms with Crippen molar-refractivity contribution >= 4 is 0 Å². The Labute approximate surface area is 123 Å². The highest BCUT2D eigenvalue weighted by Crippen LogP contribution is 2.26. The Kier molecular flexibility index (Phi) is 4.61. The summed E-state index contributed by atoms with van der Waals surface area (Å²) in [6, 6.07) is 15.9. The van der Waals surface area contributed by atoms with E-state index in [1.165, 1.54) is 27.8 Å². The van der Waals surface area contributed by atoms with Crippen LogP contribution in [0.25, 0.3) is 0 Å². The van der Waals surface area contributed by atoms with Gasteiger partial charge in [-0.25, -0.2) is 0 Å². The number of hydrogen-bond donors (Lipinski definition) is 1. The molecule has 0 radical (unpaired) electrons. The third-order valence-corrected chi connectivity index (χ3v) is 3.96.